The molecule has 0 amide bonds. The molecule has 1 aliphatic heterocycles. The molecular formula is C13H19NO. The standard InChI is InChI=1S/C13H19NO/c1-10-3-4-12(9-11(10)2)14-7-5-13(15)6-8-14/h3-4,9,13,15H,5-8H2,1-2H3. The molecule has 1 aromatic rings. The third-order valence-corrected chi connectivity index (χ3v) is 3.32. The topological polar surface area (TPSA) is 23.5 Å². The highest BCUT2D eigenvalue weighted by Crippen LogP contribution is 2.22. The molecule has 1 aromatic carbocycles. The Morgan fingerprint density at radius 3 is 2.40 bits per heavy atom. The van der Waals surface area contributed by atoms with Crippen molar-refractivity contribution in [2.24, 2.45) is 0 Å². The summed E-state index contributed by atoms with van der Waals surface area (Å²) >= 11 is 0. The van der Waals surface area contributed by atoms with Gasteiger partial charge in [-0.2, -0.15) is 0 Å². The lowest BCUT2D eigenvalue weighted by Gasteiger charge is -2.31. The van der Waals surface area contributed by atoms with Gasteiger partial charge in [0.2, 0.25) is 0 Å². The first-order valence-electron chi connectivity index (χ1n) is 5.67. The maximum Gasteiger partial charge on any atom is 0.0574 e. The molecule has 1 aliphatic rings. The van der Waals surface area contributed by atoms with Gasteiger partial charge in [0, 0.05) is 18.8 Å². The molecule has 0 bridgehead atoms. The molecule has 0 unspecified atom stereocenters. The van der Waals surface area contributed by atoms with E-state index < -0.39 is 0 Å². The second-order valence-corrected chi connectivity index (χ2v) is 4.49. The fourth-order valence-electron chi connectivity index (χ4n) is 2.05. The molecular weight excluding hydrogens is 186 g/mol. The average molecular weight is 205 g/mol. The maximum atomic E-state index is 9.45. The van der Waals surface area contributed by atoms with Gasteiger partial charge in [-0.25, -0.2) is 0 Å². The van der Waals surface area contributed by atoms with Crippen LogP contribution in [0.5, 0.6) is 0 Å². The van der Waals surface area contributed by atoms with Crippen LogP contribution in [0.1, 0.15) is 24.0 Å². The van der Waals surface area contributed by atoms with Crippen LogP contribution in [0.25, 0.3) is 0 Å². The van der Waals surface area contributed by atoms with E-state index in [1.807, 2.05) is 0 Å². The lowest BCUT2D eigenvalue weighted by Crippen LogP contribution is -2.35. The summed E-state index contributed by atoms with van der Waals surface area (Å²) in [4.78, 5) is 2.36. The second kappa shape index (κ2) is 4.23. The van der Waals surface area contributed by atoms with Crippen LogP contribution in [-0.2, 0) is 0 Å². The van der Waals surface area contributed by atoms with E-state index in [1.54, 1.807) is 0 Å². The van der Waals surface area contributed by atoms with Crippen LogP contribution >= 0.6 is 0 Å². The third kappa shape index (κ3) is 2.32. The summed E-state index contributed by atoms with van der Waals surface area (Å²) in [6.45, 7) is 6.24. The smallest absolute Gasteiger partial charge is 0.0574 e. The Kier molecular flexibility index (Phi) is 2.96. The first-order chi connectivity index (χ1) is 7.16. The summed E-state index contributed by atoms with van der Waals surface area (Å²) in [7, 11) is 0. The first-order valence-corrected chi connectivity index (χ1v) is 5.67. The summed E-state index contributed by atoms with van der Waals surface area (Å²) < 4.78 is 0. The van der Waals surface area contributed by atoms with E-state index in [9.17, 15) is 5.11 Å². The lowest BCUT2D eigenvalue weighted by atomic mass is 10.0. The number of nitrogens with zero attached hydrogens (tertiary/aromatic N) is 1. The molecule has 15 heavy (non-hydrogen) atoms. The highest BCUT2D eigenvalue weighted by Gasteiger charge is 2.17. The average Bonchev–Trinajstić information content (AvgIpc) is 2.23. The molecule has 0 saturated carbocycles. The van der Waals surface area contributed by atoms with E-state index in [2.05, 4.69) is 36.9 Å². The molecule has 1 N–H and O–H groups in total. The number of rotatable bonds is 1. The number of hydrogen-bond acceptors (Lipinski definition) is 2. The molecule has 82 valence electrons. The van der Waals surface area contributed by atoms with E-state index in [-0.39, 0.29) is 6.10 Å². The quantitative estimate of drug-likeness (QED) is 0.760. The van der Waals surface area contributed by atoms with Gasteiger partial charge in [0.15, 0.2) is 0 Å². The van der Waals surface area contributed by atoms with E-state index in [4.69, 9.17) is 0 Å². The fraction of sp³-hybridized carbons (Fsp3) is 0.538. The zero-order valence-corrected chi connectivity index (χ0v) is 9.53. The Labute approximate surface area is 91.5 Å². The van der Waals surface area contributed by atoms with Crippen molar-refractivity contribution in [1.29, 1.82) is 0 Å². The Bertz CT molecular complexity index is 340. The van der Waals surface area contributed by atoms with Gasteiger partial charge in [0.25, 0.3) is 0 Å². The minimum atomic E-state index is -0.0900. The zero-order chi connectivity index (χ0) is 10.8. The van der Waals surface area contributed by atoms with Crippen molar-refractivity contribution in [2.45, 2.75) is 32.8 Å². The van der Waals surface area contributed by atoms with Crippen molar-refractivity contribution < 1.29 is 5.11 Å². The predicted octanol–water partition coefficient (Wildman–Crippen LogP) is 2.26. The van der Waals surface area contributed by atoms with Crippen LogP contribution < -0.4 is 4.90 Å². The molecule has 0 atom stereocenters. The van der Waals surface area contributed by atoms with E-state index in [0.29, 0.717) is 0 Å². The zero-order valence-electron chi connectivity index (χ0n) is 9.53. The Hall–Kier alpha value is -1.02. The minimum absolute atomic E-state index is 0.0900. The Morgan fingerprint density at radius 1 is 1.13 bits per heavy atom. The van der Waals surface area contributed by atoms with Gasteiger partial charge in [-0.15, -0.1) is 0 Å². The van der Waals surface area contributed by atoms with Crippen LogP contribution in [0, 0.1) is 13.8 Å². The highest BCUT2D eigenvalue weighted by molar-refractivity contribution is 5.50. The van der Waals surface area contributed by atoms with E-state index in [1.165, 1.54) is 16.8 Å². The number of aliphatic hydroxyl groups excluding tert-OH is 1. The van der Waals surface area contributed by atoms with Crippen molar-refractivity contribution in [2.75, 3.05) is 18.0 Å². The molecule has 0 radical (unpaired) electrons. The van der Waals surface area contributed by atoms with Crippen molar-refractivity contribution in [3.63, 3.8) is 0 Å². The summed E-state index contributed by atoms with van der Waals surface area (Å²) in [5, 5.41) is 9.45. The molecule has 0 spiro atoms. The Balaban J connectivity index is 2.12. The number of benzene rings is 1. The minimum Gasteiger partial charge on any atom is -0.393 e. The van der Waals surface area contributed by atoms with Crippen molar-refractivity contribution >= 4 is 5.69 Å². The van der Waals surface area contributed by atoms with Gasteiger partial charge < -0.3 is 10.0 Å². The van der Waals surface area contributed by atoms with Crippen LogP contribution in [0.15, 0.2) is 18.2 Å². The summed E-state index contributed by atoms with van der Waals surface area (Å²) in [5.41, 5.74) is 3.99. The molecule has 0 aromatic heterocycles. The molecule has 2 nitrogen and oxygen atoms in total. The third-order valence-electron chi connectivity index (χ3n) is 3.32. The molecule has 1 heterocycles. The molecule has 1 saturated heterocycles. The lowest BCUT2D eigenvalue weighted by molar-refractivity contribution is 0.145. The summed E-state index contributed by atoms with van der Waals surface area (Å²) in [6.07, 6.45) is 1.70. The van der Waals surface area contributed by atoms with Crippen LogP contribution in [0.4, 0.5) is 5.69 Å². The number of hydrogen-bond donors (Lipinski definition) is 1. The van der Waals surface area contributed by atoms with Crippen molar-refractivity contribution in [1.82, 2.24) is 0 Å². The monoisotopic (exact) mass is 205 g/mol. The summed E-state index contributed by atoms with van der Waals surface area (Å²) in [6, 6.07) is 6.60. The van der Waals surface area contributed by atoms with Crippen LogP contribution in [-0.4, -0.2) is 24.3 Å². The van der Waals surface area contributed by atoms with Crippen molar-refractivity contribution in [3.05, 3.63) is 29.3 Å². The number of piperidine rings is 1. The number of aryl methyl sites for hydroxylation is 2. The predicted molar refractivity (Wildman–Crippen MR) is 63.4 cm³/mol. The van der Waals surface area contributed by atoms with Gasteiger partial charge in [-0.3, -0.25) is 0 Å². The van der Waals surface area contributed by atoms with Crippen molar-refractivity contribution in [3.8, 4) is 0 Å². The molecule has 1 fully saturated rings. The Morgan fingerprint density at radius 2 is 1.80 bits per heavy atom. The van der Waals surface area contributed by atoms with Gasteiger partial charge in [-0.05, 0) is 49.9 Å². The van der Waals surface area contributed by atoms with Gasteiger partial charge in [0.05, 0.1) is 6.10 Å². The fourth-order valence-corrected chi connectivity index (χ4v) is 2.05. The number of aliphatic hydroxyl groups is 1. The molecule has 0 aliphatic carbocycles. The van der Waals surface area contributed by atoms with E-state index >= 15 is 0 Å². The largest absolute Gasteiger partial charge is 0.393 e. The van der Waals surface area contributed by atoms with Crippen LogP contribution in [0.3, 0.4) is 0 Å². The summed E-state index contributed by atoms with van der Waals surface area (Å²) in [5.74, 6) is 0. The van der Waals surface area contributed by atoms with Gasteiger partial charge in [0.1, 0.15) is 0 Å². The van der Waals surface area contributed by atoms with Gasteiger partial charge in [-0.1, -0.05) is 6.07 Å². The van der Waals surface area contributed by atoms with Crippen LogP contribution in [0.2, 0.25) is 0 Å². The van der Waals surface area contributed by atoms with E-state index in [0.717, 1.165) is 25.9 Å². The maximum absolute atomic E-state index is 9.45. The van der Waals surface area contributed by atoms with Gasteiger partial charge >= 0.3 is 0 Å². The highest BCUT2D eigenvalue weighted by atomic mass is 16.3. The number of anilines is 1. The second-order valence-electron chi connectivity index (χ2n) is 4.49. The molecule has 2 heteroatoms. The molecule has 2 rings (SSSR count). The SMILES string of the molecule is Cc1ccc(N2CCC(O)CC2)cc1C. The normalized spacial score (nSPS) is 18.2. The first kappa shape index (κ1) is 10.5.